The number of nitrogens with zero attached hydrogens (tertiary/aromatic N) is 2. The first-order chi connectivity index (χ1) is 7.80. The lowest BCUT2D eigenvalue weighted by Crippen LogP contribution is -2.40. The van der Waals surface area contributed by atoms with E-state index in [1.807, 2.05) is 38.6 Å². The molecule has 5 nitrogen and oxygen atoms in total. The van der Waals surface area contributed by atoms with Crippen LogP contribution in [0.2, 0.25) is 0 Å². The quantitative estimate of drug-likeness (QED) is 0.815. The predicted molar refractivity (Wildman–Crippen MR) is 67.1 cm³/mol. The van der Waals surface area contributed by atoms with Gasteiger partial charge in [-0.05, 0) is 5.41 Å². The largest absolute Gasteiger partial charge is 0.349 e. The average molecular weight is 238 g/mol. The molecule has 1 heterocycles. The Morgan fingerprint density at radius 3 is 2.71 bits per heavy atom. The third-order valence-electron chi connectivity index (χ3n) is 2.88. The molecular weight excluding hydrogens is 216 g/mol. The first kappa shape index (κ1) is 13.7. The zero-order chi connectivity index (χ0) is 13.1. The Kier molecular flexibility index (Phi) is 4.28. The van der Waals surface area contributed by atoms with Gasteiger partial charge >= 0.3 is 0 Å². The summed E-state index contributed by atoms with van der Waals surface area (Å²) in [6, 6.07) is -0.135. The number of nitrogens with one attached hydrogen (secondary N) is 1. The van der Waals surface area contributed by atoms with Gasteiger partial charge in [0.1, 0.15) is 5.82 Å². The molecule has 5 heteroatoms. The summed E-state index contributed by atoms with van der Waals surface area (Å²) in [5.41, 5.74) is 5.89. The third kappa shape index (κ3) is 4.19. The molecule has 96 valence electrons. The normalized spacial score (nSPS) is 13.5. The second kappa shape index (κ2) is 5.31. The second-order valence-corrected chi connectivity index (χ2v) is 5.41. The van der Waals surface area contributed by atoms with Crippen LogP contribution in [-0.2, 0) is 18.4 Å². The van der Waals surface area contributed by atoms with Gasteiger partial charge in [-0.3, -0.25) is 4.79 Å². The highest BCUT2D eigenvalue weighted by Gasteiger charge is 2.23. The van der Waals surface area contributed by atoms with Crippen LogP contribution in [0.3, 0.4) is 0 Å². The van der Waals surface area contributed by atoms with Crippen LogP contribution in [0.4, 0.5) is 0 Å². The van der Waals surface area contributed by atoms with Crippen molar-refractivity contribution in [3.8, 4) is 0 Å². The highest BCUT2D eigenvalue weighted by atomic mass is 16.1. The molecule has 0 saturated carbocycles. The van der Waals surface area contributed by atoms with Crippen LogP contribution in [0.5, 0.6) is 0 Å². The fraction of sp³-hybridized carbons (Fsp3) is 0.667. The topological polar surface area (TPSA) is 72.9 Å². The molecule has 1 unspecified atom stereocenters. The molecule has 1 rings (SSSR count). The molecule has 1 atom stereocenters. The van der Waals surface area contributed by atoms with Gasteiger partial charge in [-0.2, -0.15) is 0 Å². The van der Waals surface area contributed by atoms with Crippen LogP contribution in [0.1, 0.15) is 33.0 Å². The van der Waals surface area contributed by atoms with Gasteiger partial charge in [0.2, 0.25) is 5.91 Å². The molecule has 0 bridgehead atoms. The number of carbonyl (C=O) groups is 1. The summed E-state index contributed by atoms with van der Waals surface area (Å²) in [4.78, 5) is 15.8. The van der Waals surface area contributed by atoms with Gasteiger partial charge in [0.25, 0.3) is 0 Å². The molecule has 17 heavy (non-hydrogen) atoms. The van der Waals surface area contributed by atoms with Crippen molar-refractivity contribution >= 4 is 5.91 Å². The van der Waals surface area contributed by atoms with Crippen LogP contribution in [0.25, 0.3) is 0 Å². The number of amides is 1. The van der Waals surface area contributed by atoms with Gasteiger partial charge in [-0.25, -0.2) is 4.98 Å². The van der Waals surface area contributed by atoms with Gasteiger partial charge < -0.3 is 15.6 Å². The Morgan fingerprint density at radius 1 is 1.59 bits per heavy atom. The van der Waals surface area contributed by atoms with Crippen LogP contribution in [0, 0.1) is 5.41 Å². The van der Waals surface area contributed by atoms with Crippen molar-refractivity contribution in [3.63, 3.8) is 0 Å². The summed E-state index contributed by atoms with van der Waals surface area (Å²) in [5, 5.41) is 2.83. The van der Waals surface area contributed by atoms with Crippen molar-refractivity contribution in [2.24, 2.45) is 18.2 Å². The van der Waals surface area contributed by atoms with Crippen LogP contribution >= 0.6 is 0 Å². The Hall–Kier alpha value is -1.36. The molecule has 1 amide bonds. The van der Waals surface area contributed by atoms with Crippen molar-refractivity contribution < 1.29 is 4.79 Å². The highest BCUT2D eigenvalue weighted by Crippen LogP contribution is 2.19. The zero-order valence-electron chi connectivity index (χ0n) is 11.0. The monoisotopic (exact) mass is 238 g/mol. The number of carbonyl (C=O) groups excluding carboxylic acids is 1. The highest BCUT2D eigenvalue weighted by molar-refractivity contribution is 5.76. The lowest BCUT2D eigenvalue weighted by molar-refractivity contribution is -0.122. The van der Waals surface area contributed by atoms with Crippen LogP contribution < -0.4 is 11.1 Å². The van der Waals surface area contributed by atoms with E-state index in [2.05, 4.69) is 10.3 Å². The molecule has 0 radical (unpaired) electrons. The number of aryl methyl sites for hydroxylation is 1. The molecule has 0 aromatic carbocycles. The van der Waals surface area contributed by atoms with Crippen molar-refractivity contribution in [1.29, 1.82) is 0 Å². The molecule has 1 aromatic heterocycles. The lowest BCUT2D eigenvalue weighted by atomic mass is 9.85. The van der Waals surface area contributed by atoms with Crippen LogP contribution in [0.15, 0.2) is 12.4 Å². The van der Waals surface area contributed by atoms with Crippen molar-refractivity contribution in [3.05, 3.63) is 18.2 Å². The molecule has 0 fully saturated rings. The summed E-state index contributed by atoms with van der Waals surface area (Å²) in [6.45, 7) is 6.54. The van der Waals surface area contributed by atoms with E-state index in [4.69, 9.17) is 5.73 Å². The standard InChI is InChI=1S/C12H22N4O/c1-12(2,3)9(13)7-11(17)15-8-10-14-5-6-16(10)4/h5-6,9H,7-8,13H2,1-4H3,(H,15,17). The Balaban J connectivity index is 2.39. The summed E-state index contributed by atoms with van der Waals surface area (Å²) < 4.78 is 1.88. The van der Waals surface area contributed by atoms with E-state index in [9.17, 15) is 4.79 Å². The maximum absolute atomic E-state index is 11.7. The molecule has 1 aromatic rings. The number of aromatic nitrogens is 2. The third-order valence-corrected chi connectivity index (χ3v) is 2.88. The minimum absolute atomic E-state index is 0.0320. The molecule has 3 N–H and O–H groups in total. The number of hydrogen-bond donors (Lipinski definition) is 2. The van der Waals surface area contributed by atoms with Gasteiger partial charge in [0.05, 0.1) is 6.54 Å². The average Bonchev–Trinajstić information content (AvgIpc) is 2.59. The van der Waals surface area contributed by atoms with E-state index in [0.29, 0.717) is 13.0 Å². The maximum atomic E-state index is 11.7. The number of rotatable bonds is 4. The predicted octanol–water partition coefficient (Wildman–Crippen LogP) is 0.800. The molecular formula is C12H22N4O. The summed E-state index contributed by atoms with van der Waals surface area (Å²) in [6.07, 6.45) is 3.90. The summed E-state index contributed by atoms with van der Waals surface area (Å²) in [7, 11) is 1.90. The van der Waals surface area contributed by atoms with E-state index in [1.165, 1.54) is 0 Å². The fourth-order valence-corrected chi connectivity index (χ4v) is 1.32. The number of imidazole rings is 1. The van der Waals surface area contributed by atoms with Crippen molar-refractivity contribution in [1.82, 2.24) is 14.9 Å². The second-order valence-electron chi connectivity index (χ2n) is 5.41. The minimum atomic E-state index is -0.135. The van der Waals surface area contributed by atoms with Gasteiger partial charge in [0.15, 0.2) is 0 Å². The Labute approximate surface area is 102 Å². The molecule has 0 aliphatic heterocycles. The summed E-state index contributed by atoms with van der Waals surface area (Å²) >= 11 is 0. The SMILES string of the molecule is Cn1ccnc1CNC(=O)CC(N)C(C)(C)C. The summed E-state index contributed by atoms with van der Waals surface area (Å²) in [5.74, 6) is 0.804. The van der Waals surface area contributed by atoms with E-state index in [-0.39, 0.29) is 17.4 Å². The van der Waals surface area contributed by atoms with Crippen molar-refractivity contribution in [2.45, 2.75) is 39.8 Å². The van der Waals surface area contributed by atoms with E-state index < -0.39 is 0 Å². The van der Waals surface area contributed by atoms with Gasteiger partial charge in [-0.15, -0.1) is 0 Å². The molecule has 0 aliphatic rings. The molecule has 0 spiro atoms. The first-order valence-electron chi connectivity index (χ1n) is 5.79. The minimum Gasteiger partial charge on any atom is -0.349 e. The first-order valence-corrected chi connectivity index (χ1v) is 5.79. The molecule has 0 saturated heterocycles. The lowest BCUT2D eigenvalue weighted by Gasteiger charge is -2.26. The van der Waals surface area contributed by atoms with Crippen molar-refractivity contribution in [2.75, 3.05) is 0 Å². The fourth-order valence-electron chi connectivity index (χ4n) is 1.32. The zero-order valence-corrected chi connectivity index (χ0v) is 11.0. The Morgan fingerprint density at radius 2 is 2.24 bits per heavy atom. The van der Waals surface area contributed by atoms with E-state index in [0.717, 1.165) is 5.82 Å². The Bertz CT molecular complexity index is 378. The smallest absolute Gasteiger partial charge is 0.221 e. The molecule has 0 aliphatic carbocycles. The van der Waals surface area contributed by atoms with Crippen LogP contribution in [-0.4, -0.2) is 21.5 Å². The van der Waals surface area contributed by atoms with Gasteiger partial charge in [-0.1, -0.05) is 20.8 Å². The number of hydrogen-bond acceptors (Lipinski definition) is 3. The van der Waals surface area contributed by atoms with E-state index in [1.54, 1.807) is 6.20 Å². The van der Waals surface area contributed by atoms with Gasteiger partial charge in [0, 0.05) is 31.9 Å². The van der Waals surface area contributed by atoms with E-state index >= 15 is 0 Å². The maximum Gasteiger partial charge on any atom is 0.221 e. The number of nitrogens with two attached hydrogens (primary N) is 1.